The smallest absolute Gasteiger partial charge is 0.170 e. The standard InChI is InChI=1S/C17H28N/c1-3-4-5-6-7-8-12-15-18(2)16-17-13-10-9-11-14-17/h9-11,13-14,16H,3-8,12,15H2,1-2H3/q+1. The highest BCUT2D eigenvalue weighted by atomic mass is 14.9. The third-order valence-electron chi connectivity index (χ3n) is 3.28. The van der Waals surface area contributed by atoms with Crippen molar-refractivity contribution in [2.75, 3.05) is 13.6 Å². The second-order valence-electron chi connectivity index (χ2n) is 5.14. The van der Waals surface area contributed by atoms with Crippen molar-refractivity contribution in [3.63, 3.8) is 0 Å². The van der Waals surface area contributed by atoms with Gasteiger partial charge < -0.3 is 0 Å². The molecular weight excluding hydrogens is 218 g/mol. The van der Waals surface area contributed by atoms with E-state index in [2.05, 4.69) is 55.1 Å². The van der Waals surface area contributed by atoms with Gasteiger partial charge in [-0.3, -0.25) is 0 Å². The fraction of sp³-hybridized carbons (Fsp3) is 0.588. The van der Waals surface area contributed by atoms with Crippen molar-refractivity contribution in [2.24, 2.45) is 0 Å². The number of rotatable bonds is 9. The van der Waals surface area contributed by atoms with Crippen LogP contribution in [0.25, 0.3) is 0 Å². The van der Waals surface area contributed by atoms with Crippen molar-refractivity contribution in [1.29, 1.82) is 0 Å². The van der Waals surface area contributed by atoms with Gasteiger partial charge in [-0.2, -0.15) is 0 Å². The molecular formula is C17H28N+. The number of hydrogen-bond acceptors (Lipinski definition) is 0. The molecule has 0 amide bonds. The zero-order valence-corrected chi connectivity index (χ0v) is 12.1. The summed E-state index contributed by atoms with van der Waals surface area (Å²) in [5.74, 6) is 0. The van der Waals surface area contributed by atoms with Crippen LogP contribution in [0.5, 0.6) is 0 Å². The van der Waals surface area contributed by atoms with Gasteiger partial charge in [0.2, 0.25) is 0 Å². The molecule has 0 aromatic heterocycles. The minimum absolute atomic E-state index is 1.17. The molecule has 0 heterocycles. The molecule has 0 saturated carbocycles. The lowest BCUT2D eigenvalue weighted by molar-refractivity contribution is -0.492. The first kappa shape index (κ1) is 14.9. The zero-order chi connectivity index (χ0) is 13.1. The van der Waals surface area contributed by atoms with Crippen LogP contribution in [0.15, 0.2) is 30.3 Å². The van der Waals surface area contributed by atoms with Gasteiger partial charge in [0.1, 0.15) is 13.6 Å². The molecule has 1 aromatic carbocycles. The van der Waals surface area contributed by atoms with E-state index in [0.717, 1.165) is 0 Å². The molecule has 0 N–H and O–H groups in total. The van der Waals surface area contributed by atoms with Crippen LogP contribution in [0.4, 0.5) is 0 Å². The van der Waals surface area contributed by atoms with E-state index in [-0.39, 0.29) is 0 Å². The summed E-state index contributed by atoms with van der Waals surface area (Å²) < 4.78 is 2.31. The van der Waals surface area contributed by atoms with E-state index in [0.29, 0.717) is 0 Å². The van der Waals surface area contributed by atoms with Crippen LogP contribution in [0.3, 0.4) is 0 Å². The van der Waals surface area contributed by atoms with Crippen LogP contribution < -0.4 is 0 Å². The predicted molar refractivity (Wildman–Crippen MR) is 80.7 cm³/mol. The van der Waals surface area contributed by atoms with E-state index in [4.69, 9.17) is 0 Å². The van der Waals surface area contributed by atoms with E-state index in [1.165, 1.54) is 57.1 Å². The van der Waals surface area contributed by atoms with E-state index in [9.17, 15) is 0 Å². The maximum Gasteiger partial charge on any atom is 0.170 e. The number of hydrogen-bond donors (Lipinski definition) is 0. The Kier molecular flexibility index (Phi) is 8.20. The third kappa shape index (κ3) is 7.26. The molecule has 0 bridgehead atoms. The zero-order valence-electron chi connectivity index (χ0n) is 12.1. The third-order valence-corrected chi connectivity index (χ3v) is 3.28. The lowest BCUT2D eigenvalue weighted by Crippen LogP contribution is -2.09. The minimum atomic E-state index is 1.17. The van der Waals surface area contributed by atoms with Crippen LogP contribution in [0.2, 0.25) is 0 Å². The second kappa shape index (κ2) is 9.87. The second-order valence-corrected chi connectivity index (χ2v) is 5.14. The van der Waals surface area contributed by atoms with E-state index in [1.807, 2.05) is 0 Å². The van der Waals surface area contributed by atoms with Crippen LogP contribution in [-0.4, -0.2) is 24.4 Å². The van der Waals surface area contributed by atoms with Gasteiger partial charge in [0.15, 0.2) is 6.21 Å². The van der Waals surface area contributed by atoms with Crippen LogP contribution >= 0.6 is 0 Å². The molecule has 0 atom stereocenters. The Hall–Kier alpha value is -1.11. The van der Waals surface area contributed by atoms with Gasteiger partial charge >= 0.3 is 0 Å². The summed E-state index contributed by atoms with van der Waals surface area (Å²) in [6.07, 6.45) is 11.9. The highest BCUT2D eigenvalue weighted by molar-refractivity contribution is 5.75. The Morgan fingerprint density at radius 2 is 1.50 bits per heavy atom. The van der Waals surface area contributed by atoms with Gasteiger partial charge in [-0.1, -0.05) is 57.2 Å². The van der Waals surface area contributed by atoms with Crippen molar-refractivity contribution in [1.82, 2.24) is 0 Å². The first-order chi connectivity index (χ1) is 8.83. The minimum Gasteiger partial charge on any atom is -0.238 e. The molecule has 1 nitrogen and oxygen atoms in total. The maximum atomic E-state index is 2.31. The average Bonchev–Trinajstić information content (AvgIpc) is 2.39. The van der Waals surface area contributed by atoms with Crippen molar-refractivity contribution >= 4 is 6.21 Å². The highest BCUT2D eigenvalue weighted by Crippen LogP contribution is 2.06. The summed E-state index contributed by atoms with van der Waals surface area (Å²) in [6.45, 7) is 3.44. The molecule has 0 aliphatic heterocycles. The summed E-state index contributed by atoms with van der Waals surface area (Å²) in [5, 5.41) is 0. The van der Waals surface area contributed by atoms with E-state index < -0.39 is 0 Å². The molecule has 100 valence electrons. The summed E-state index contributed by atoms with van der Waals surface area (Å²) in [6, 6.07) is 10.6. The molecule has 0 saturated heterocycles. The number of unbranched alkanes of at least 4 members (excludes halogenated alkanes) is 6. The topological polar surface area (TPSA) is 3.01 Å². The first-order valence-corrected chi connectivity index (χ1v) is 7.43. The number of benzene rings is 1. The van der Waals surface area contributed by atoms with Crippen molar-refractivity contribution in [3.8, 4) is 0 Å². The van der Waals surface area contributed by atoms with Crippen molar-refractivity contribution in [2.45, 2.75) is 51.9 Å². The monoisotopic (exact) mass is 246 g/mol. The molecule has 0 unspecified atom stereocenters. The molecule has 0 radical (unpaired) electrons. The first-order valence-electron chi connectivity index (χ1n) is 7.43. The van der Waals surface area contributed by atoms with Gasteiger partial charge in [-0.15, -0.1) is 0 Å². The lowest BCUT2D eigenvalue weighted by Gasteiger charge is -2.00. The Labute approximate surface area is 113 Å². The SMILES string of the molecule is CCCCCCCCC[N+](C)=Cc1ccccc1. The van der Waals surface area contributed by atoms with Gasteiger partial charge in [0, 0.05) is 12.0 Å². The molecule has 0 spiro atoms. The molecule has 0 aliphatic carbocycles. The molecule has 1 heteroatoms. The van der Waals surface area contributed by atoms with Crippen LogP contribution in [0.1, 0.15) is 57.4 Å². The van der Waals surface area contributed by atoms with Gasteiger partial charge in [-0.25, -0.2) is 4.58 Å². The summed E-state index contributed by atoms with van der Waals surface area (Å²) >= 11 is 0. The van der Waals surface area contributed by atoms with Gasteiger partial charge in [-0.05, 0) is 18.6 Å². The fourth-order valence-electron chi connectivity index (χ4n) is 2.18. The molecule has 0 fully saturated rings. The molecule has 18 heavy (non-hydrogen) atoms. The molecule has 0 aliphatic rings. The Morgan fingerprint density at radius 3 is 2.17 bits per heavy atom. The van der Waals surface area contributed by atoms with Crippen molar-refractivity contribution in [3.05, 3.63) is 35.9 Å². The predicted octanol–water partition coefficient (Wildman–Crippen LogP) is 4.50. The molecule has 1 rings (SSSR count). The van der Waals surface area contributed by atoms with Crippen LogP contribution in [-0.2, 0) is 0 Å². The van der Waals surface area contributed by atoms with Gasteiger partial charge in [0.25, 0.3) is 0 Å². The summed E-state index contributed by atoms with van der Waals surface area (Å²) in [5.41, 5.74) is 1.29. The Morgan fingerprint density at radius 1 is 0.889 bits per heavy atom. The highest BCUT2D eigenvalue weighted by Gasteiger charge is 1.98. The summed E-state index contributed by atoms with van der Waals surface area (Å²) in [4.78, 5) is 0. The quantitative estimate of drug-likeness (QED) is 0.343. The van der Waals surface area contributed by atoms with E-state index >= 15 is 0 Å². The Balaban J connectivity index is 2.10. The summed E-state index contributed by atoms with van der Waals surface area (Å²) in [7, 11) is 2.17. The van der Waals surface area contributed by atoms with Gasteiger partial charge in [0.05, 0.1) is 0 Å². The lowest BCUT2D eigenvalue weighted by atomic mass is 10.1. The normalized spacial score (nSPS) is 11.8. The molecule has 1 aromatic rings. The number of nitrogens with zero attached hydrogens (tertiary/aromatic N) is 1. The average molecular weight is 246 g/mol. The maximum absolute atomic E-state index is 2.31. The van der Waals surface area contributed by atoms with Crippen molar-refractivity contribution < 1.29 is 4.58 Å². The van der Waals surface area contributed by atoms with Crippen LogP contribution in [0, 0.1) is 0 Å². The fourth-order valence-corrected chi connectivity index (χ4v) is 2.18. The largest absolute Gasteiger partial charge is 0.238 e. The Bertz CT molecular complexity index is 327. The van der Waals surface area contributed by atoms with E-state index in [1.54, 1.807) is 0 Å².